The van der Waals surface area contributed by atoms with Crippen LogP contribution >= 0.6 is 7.37 Å². The summed E-state index contributed by atoms with van der Waals surface area (Å²) in [5, 5.41) is 0.555. The molecule has 1 saturated carbocycles. The van der Waals surface area contributed by atoms with Crippen molar-refractivity contribution in [3.63, 3.8) is 0 Å². The molecule has 3 N–H and O–H groups in total. The zero-order valence-electron chi connectivity index (χ0n) is 23.9. The average Bonchev–Trinajstić information content (AvgIpc) is 3.18. The normalized spacial score (nSPS) is 23.6. The maximum atomic E-state index is 13.3. The first kappa shape index (κ1) is 30.7. The van der Waals surface area contributed by atoms with Gasteiger partial charge < -0.3 is 20.3 Å². The van der Waals surface area contributed by atoms with E-state index in [2.05, 4.69) is 41.2 Å². The van der Waals surface area contributed by atoms with Gasteiger partial charge in [0.1, 0.15) is 6.33 Å². The molecule has 2 heterocycles. The second-order valence-corrected chi connectivity index (χ2v) is 13.8. The highest BCUT2D eigenvalue weighted by molar-refractivity contribution is 7.66. The molecule has 8 nitrogen and oxygen atoms in total. The van der Waals surface area contributed by atoms with Gasteiger partial charge in [-0.25, -0.2) is 9.98 Å². The van der Waals surface area contributed by atoms with Gasteiger partial charge in [-0.1, -0.05) is 45.0 Å². The lowest BCUT2D eigenvalue weighted by molar-refractivity contribution is 0.146. The average molecular weight is 578 g/mol. The molecule has 1 fully saturated rings. The zero-order valence-corrected chi connectivity index (χ0v) is 24.8. The minimum absolute atomic E-state index is 0. The molecule has 0 spiro atoms. The molecule has 9 heteroatoms. The predicted octanol–water partition coefficient (Wildman–Crippen LogP) is 6.70. The van der Waals surface area contributed by atoms with Crippen LogP contribution in [0.5, 0.6) is 5.88 Å². The lowest BCUT2D eigenvalue weighted by Gasteiger charge is -2.34. The highest BCUT2D eigenvalue weighted by Gasteiger charge is 2.38. The smallest absolute Gasteiger partial charge is 0.246 e. The van der Waals surface area contributed by atoms with Crippen LogP contribution in [0.2, 0.25) is 0 Å². The van der Waals surface area contributed by atoms with Gasteiger partial charge in [0.15, 0.2) is 17.1 Å². The largest absolute Gasteiger partial charge is 0.463 e. The van der Waals surface area contributed by atoms with E-state index in [1.807, 2.05) is 50.2 Å². The fourth-order valence-electron chi connectivity index (χ4n) is 5.90. The molecule has 2 aliphatic rings. The van der Waals surface area contributed by atoms with E-state index in [1.54, 1.807) is 0 Å². The number of rotatable bonds is 7. The van der Waals surface area contributed by atoms with E-state index in [0.29, 0.717) is 34.8 Å². The van der Waals surface area contributed by atoms with Crippen LogP contribution in [0.1, 0.15) is 76.8 Å². The van der Waals surface area contributed by atoms with E-state index >= 15 is 0 Å². The van der Waals surface area contributed by atoms with Gasteiger partial charge in [0, 0.05) is 36.8 Å². The van der Waals surface area contributed by atoms with Gasteiger partial charge in [-0.2, -0.15) is 4.98 Å². The Morgan fingerprint density at radius 2 is 1.76 bits per heavy atom. The van der Waals surface area contributed by atoms with Gasteiger partial charge in [0.25, 0.3) is 0 Å². The van der Waals surface area contributed by atoms with Crippen molar-refractivity contribution in [2.75, 3.05) is 30.9 Å². The second kappa shape index (κ2) is 12.3. The van der Waals surface area contributed by atoms with Crippen molar-refractivity contribution in [3.8, 4) is 5.88 Å². The molecule has 220 valence electrons. The molecule has 0 radical (unpaired) electrons. The quantitative estimate of drug-likeness (QED) is 0.237. The lowest BCUT2D eigenvalue weighted by atomic mass is 9.87. The van der Waals surface area contributed by atoms with Crippen LogP contribution in [0, 0.1) is 5.92 Å². The van der Waals surface area contributed by atoms with Crippen LogP contribution < -0.4 is 20.7 Å². The molecule has 2 aromatic carbocycles. The molecule has 0 bridgehead atoms. The van der Waals surface area contributed by atoms with Crippen LogP contribution in [0.25, 0.3) is 0 Å². The molecular weight excluding hydrogens is 533 g/mol. The number of aliphatic imine (C=N–C) groups is 1. The van der Waals surface area contributed by atoms with Crippen molar-refractivity contribution in [3.05, 3.63) is 66.0 Å². The van der Waals surface area contributed by atoms with Crippen LogP contribution in [-0.4, -0.2) is 46.4 Å². The first-order valence-corrected chi connectivity index (χ1v) is 16.0. The molecule has 5 rings (SSSR count). The molecule has 0 saturated heterocycles. The van der Waals surface area contributed by atoms with Crippen LogP contribution in [0.4, 0.5) is 17.2 Å². The third-order valence-corrected chi connectivity index (χ3v) is 10.7. The van der Waals surface area contributed by atoms with E-state index in [4.69, 9.17) is 15.5 Å². The number of fused-ring (bicyclic) bond motifs is 1. The fraction of sp³-hybridized carbons (Fsp3) is 0.469. The summed E-state index contributed by atoms with van der Waals surface area (Å²) in [5.74, 6) is 1.41. The second-order valence-electron chi connectivity index (χ2n) is 11.5. The molecule has 41 heavy (non-hydrogen) atoms. The highest BCUT2D eigenvalue weighted by atomic mass is 31.2. The standard InChI is InChI=1S/C31H40N5O3P.CH4/c1-5-31(2)28(35-27-29(32)33-20-34-30(27)39-31)24-13-11-23(12-14-24)22-8-6-7-21(9-10-22)19-40(37,38)26-17-15-25(16-18-26)36(3)4;/h11-18,20-22H,5-10,19H2,1-4H3,(H,37,38)(H2,32,33,34);1H4/t21-,22?,31?;/m0./s1. The molecular formula is C32H44N5O3P. The Bertz CT molecular complexity index is 1420. The Kier molecular flexibility index (Phi) is 9.25. The minimum atomic E-state index is -3.40. The zero-order chi connectivity index (χ0) is 28.5. The SMILES string of the molecule is C.CCC1(C)Oc2ncnc(N)c2N=C1c1ccc(C2CCC[C@H](CP(=O)(O)c3ccc(N(C)C)cc3)CC2)cc1. The number of hydrogen-bond donors (Lipinski definition) is 2. The number of nitrogens with two attached hydrogens (primary N) is 1. The molecule has 3 aromatic rings. The van der Waals surface area contributed by atoms with Gasteiger partial charge in [-0.15, -0.1) is 0 Å². The topological polar surface area (TPSA) is 114 Å². The van der Waals surface area contributed by atoms with Crippen molar-refractivity contribution in [2.24, 2.45) is 10.9 Å². The summed E-state index contributed by atoms with van der Waals surface area (Å²) in [5.41, 5.74) is 10.1. The number of benzene rings is 2. The number of aromatic nitrogens is 2. The molecule has 1 aromatic heterocycles. The van der Waals surface area contributed by atoms with E-state index < -0.39 is 13.0 Å². The third kappa shape index (κ3) is 6.49. The van der Waals surface area contributed by atoms with Crippen molar-refractivity contribution in [2.45, 2.75) is 71.3 Å². The lowest BCUT2D eigenvalue weighted by Crippen LogP contribution is -2.43. The summed E-state index contributed by atoms with van der Waals surface area (Å²) in [6.45, 7) is 4.11. The van der Waals surface area contributed by atoms with Crippen molar-refractivity contribution < 1.29 is 14.2 Å². The highest BCUT2D eigenvalue weighted by Crippen LogP contribution is 2.46. The Hall–Kier alpha value is -3.22. The maximum Gasteiger partial charge on any atom is 0.246 e. The Labute approximate surface area is 244 Å². The molecule has 1 aliphatic carbocycles. The number of nitrogen functional groups attached to an aromatic ring is 1. The van der Waals surface area contributed by atoms with Crippen LogP contribution in [0.3, 0.4) is 0 Å². The van der Waals surface area contributed by atoms with E-state index in [9.17, 15) is 9.46 Å². The molecule has 3 unspecified atom stereocenters. The van der Waals surface area contributed by atoms with Gasteiger partial charge in [0.05, 0.1) is 5.71 Å². The molecule has 4 atom stereocenters. The monoisotopic (exact) mass is 577 g/mol. The Balaban J connectivity index is 0.00000387. The summed E-state index contributed by atoms with van der Waals surface area (Å²) in [4.78, 5) is 26.1. The van der Waals surface area contributed by atoms with Gasteiger partial charge in [0.2, 0.25) is 13.2 Å². The Morgan fingerprint density at radius 3 is 2.41 bits per heavy atom. The molecule has 1 aliphatic heterocycles. The Morgan fingerprint density at radius 1 is 1.05 bits per heavy atom. The maximum absolute atomic E-state index is 13.3. The predicted molar refractivity (Wildman–Crippen MR) is 170 cm³/mol. The number of nitrogens with zero attached hydrogens (tertiary/aromatic N) is 4. The van der Waals surface area contributed by atoms with Gasteiger partial charge in [-0.05, 0) is 80.7 Å². The first-order chi connectivity index (χ1) is 19.1. The first-order valence-electron chi connectivity index (χ1n) is 14.2. The summed E-state index contributed by atoms with van der Waals surface area (Å²) >= 11 is 0. The van der Waals surface area contributed by atoms with Crippen LogP contribution in [0.15, 0.2) is 59.9 Å². The minimum Gasteiger partial charge on any atom is -0.463 e. The van der Waals surface area contributed by atoms with Crippen molar-refractivity contribution >= 4 is 35.6 Å². The van der Waals surface area contributed by atoms with Crippen molar-refractivity contribution in [1.82, 2.24) is 9.97 Å². The summed E-state index contributed by atoms with van der Waals surface area (Å²) in [7, 11) is 0.533. The van der Waals surface area contributed by atoms with E-state index in [0.717, 1.165) is 55.5 Å². The summed E-state index contributed by atoms with van der Waals surface area (Å²) in [6, 6.07) is 16.1. The van der Waals surface area contributed by atoms with Crippen molar-refractivity contribution in [1.29, 1.82) is 0 Å². The number of anilines is 2. The van der Waals surface area contributed by atoms with E-state index in [-0.39, 0.29) is 13.3 Å². The molecule has 0 amide bonds. The summed E-state index contributed by atoms with van der Waals surface area (Å²) in [6.07, 6.45) is 7.58. The summed E-state index contributed by atoms with van der Waals surface area (Å²) < 4.78 is 19.6. The van der Waals surface area contributed by atoms with Crippen LogP contribution in [-0.2, 0) is 4.57 Å². The number of hydrogen-bond acceptors (Lipinski definition) is 7. The van der Waals surface area contributed by atoms with Gasteiger partial charge >= 0.3 is 0 Å². The third-order valence-electron chi connectivity index (χ3n) is 8.56. The fourth-order valence-corrected chi connectivity index (χ4v) is 7.79. The number of ether oxygens (including phenoxy) is 1. The van der Waals surface area contributed by atoms with E-state index in [1.165, 1.54) is 11.9 Å². The van der Waals surface area contributed by atoms with Gasteiger partial charge in [-0.3, -0.25) is 4.57 Å².